The van der Waals surface area contributed by atoms with Crippen molar-refractivity contribution < 1.29 is 9.47 Å². The largest absolute Gasteiger partial charge is 0.491 e. The third-order valence-corrected chi connectivity index (χ3v) is 4.12. The second-order valence-electron chi connectivity index (χ2n) is 6.45. The Balaban J connectivity index is 1.79. The average Bonchev–Trinajstić information content (AvgIpc) is 2.43. The fourth-order valence-electron chi connectivity index (χ4n) is 2.67. The van der Waals surface area contributed by atoms with Crippen LogP contribution in [0.15, 0.2) is 24.3 Å². The smallest absolute Gasteiger partial charge is 0.119 e. The lowest BCUT2D eigenvalue weighted by Gasteiger charge is -2.35. The molecule has 112 valence electrons. The van der Waals surface area contributed by atoms with Gasteiger partial charge in [-0.2, -0.15) is 0 Å². The zero-order valence-corrected chi connectivity index (χ0v) is 12.9. The minimum absolute atomic E-state index is 0.525. The predicted molar refractivity (Wildman–Crippen MR) is 83.5 cm³/mol. The van der Waals surface area contributed by atoms with Crippen LogP contribution in [0.4, 0.5) is 5.69 Å². The molecule has 0 spiro atoms. The Bertz CT molecular complexity index is 390. The highest BCUT2D eigenvalue weighted by molar-refractivity contribution is 5.47. The highest BCUT2D eigenvalue weighted by Crippen LogP contribution is 2.36. The Kier molecular flexibility index (Phi) is 5.30. The highest BCUT2D eigenvalue weighted by atomic mass is 16.5. The van der Waals surface area contributed by atoms with Crippen LogP contribution in [0, 0.1) is 5.41 Å². The average molecular weight is 277 g/mol. The molecule has 0 atom stereocenters. The molecule has 1 fully saturated rings. The molecule has 1 saturated carbocycles. The standard InChI is InChI=1S/C17H27NO2/c1-17(2)10-8-15(9-11-17)18-14-4-6-16(7-5-14)20-13-12-19-3/h4-7,15,18H,8-13H2,1-3H3. The van der Waals surface area contributed by atoms with Crippen molar-refractivity contribution in [3.63, 3.8) is 0 Å². The Morgan fingerprint density at radius 1 is 1.10 bits per heavy atom. The lowest BCUT2D eigenvalue weighted by atomic mass is 9.75. The van der Waals surface area contributed by atoms with E-state index in [0.29, 0.717) is 24.7 Å². The van der Waals surface area contributed by atoms with Crippen LogP contribution in [-0.2, 0) is 4.74 Å². The maximum atomic E-state index is 5.57. The van der Waals surface area contributed by atoms with E-state index in [9.17, 15) is 0 Å². The molecular formula is C17H27NO2. The molecular weight excluding hydrogens is 250 g/mol. The monoisotopic (exact) mass is 277 g/mol. The van der Waals surface area contributed by atoms with Crippen molar-refractivity contribution in [2.75, 3.05) is 25.6 Å². The number of ether oxygens (including phenoxy) is 2. The molecule has 0 unspecified atom stereocenters. The van der Waals surface area contributed by atoms with Gasteiger partial charge >= 0.3 is 0 Å². The number of rotatable bonds is 6. The molecule has 1 aliphatic rings. The third-order valence-electron chi connectivity index (χ3n) is 4.12. The van der Waals surface area contributed by atoms with Crippen LogP contribution < -0.4 is 10.1 Å². The molecule has 0 bridgehead atoms. The first-order valence-corrected chi connectivity index (χ1v) is 7.57. The summed E-state index contributed by atoms with van der Waals surface area (Å²) in [5.74, 6) is 0.900. The summed E-state index contributed by atoms with van der Waals surface area (Å²) >= 11 is 0. The summed E-state index contributed by atoms with van der Waals surface area (Å²) in [6, 6.07) is 8.85. The van der Waals surface area contributed by atoms with Gasteiger partial charge in [-0.1, -0.05) is 13.8 Å². The van der Waals surface area contributed by atoms with Gasteiger partial charge in [-0.15, -0.1) is 0 Å². The number of methoxy groups -OCH3 is 1. The van der Waals surface area contributed by atoms with Crippen molar-refractivity contribution >= 4 is 5.69 Å². The van der Waals surface area contributed by atoms with Gasteiger partial charge in [0.1, 0.15) is 12.4 Å². The van der Waals surface area contributed by atoms with Gasteiger partial charge in [0.15, 0.2) is 0 Å². The Hall–Kier alpha value is -1.22. The van der Waals surface area contributed by atoms with Gasteiger partial charge in [-0.05, 0) is 55.4 Å². The summed E-state index contributed by atoms with van der Waals surface area (Å²) in [7, 11) is 1.68. The van der Waals surface area contributed by atoms with Gasteiger partial charge in [0.2, 0.25) is 0 Å². The molecule has 1 aromatic rings. The van der Waals surface area contributed by atoms with Crippen LogP contribution in [0.25, 0.3) is 0 Å². The first-order chi connectivity index (χ1) is 9.59. The molecule has 0 aromatic heterocycles. The van der Waals surface area contributed by atoms with Gasteiger partial charge in [-0.25, -0.2) is 0 Å². The van der Waals surface area contributed by atoms with E-state index in [2.05, 4.69) is 31.3 Å². The van der Waals surface area contributed by atoms with E-state index < -0.39 is 0 Å². The number of hydrogen-bond acceptors (Lipinski definition) is 3. The second kappa shape index (κ2) is 6.98. The minimum Gasteiger partial charge on any atom is -0.491 e. The van der Waals surface area contributed by atoms with Crippen molar-refractivity contribution in [2.45, 2.75) is 45.6 Å². The molecule has 2 rings (SSSR count). The van der Waals surface area contributed by atoms with Crippen LogP contribution in [-0.4, -0.2) is 26.4 Å². The van der Waals surface area contributed by atoms with E-state index in [1.54, 1.807) is 7.11 Å². The molecule has 3 heteroatoms. The van der Waals surface area contributed by atoms with Crippen molar-refractivity contribution in [3.05, 3.63) is 24.3 Å². The maximum absolute atomic E-state index is 5.57. The molecule has 3 nitrogen and oxygen atoms in total. The summed E-state index contributed by atoms with van der Waals surface area (Å²) in [5, 5.41) is 3.63. The molecule has 0 saturated heterocycles. The topological polar surface area (TPSA) is 30.5 Å². The zero-order valence-electron chi connectivity index (χ0n) is 12.9. The fourth-order valence-corrected chi connectivity index (χ4v) is 2.67. The van der Waals surface area contributed by atoms with Crippen molar-refractivity contribution in [1.82, 2.24) is 0 Å². The minimum atomic E-state index is 0.525. The molecule has 0 aliphatic heterocycles. The lowest BCUT2D eigenvalue weighted by Crippen LogP contribution is -2.29. The normalized spacial score (nSPS) is 18.8. The Morgan fingerprint density at radius 3 is 2.35 bits per heavy atom. The zero-order chi connectivity index (χ0) is 14.4. The number of nitrogens with one attached hydrogen (secondary N) is 1. The molecule has 1 aliphatic carbocycles. The summed E-state index contributed by atoms with van der Waals surface area (Å²) in [4.78, 5) is 0. The first-order valence-electron chi connectivity index (χ1n) is 7.57. The number of hydrogen-bond donors (Lipinski definition) is 1. The molecule has 20 heavy (non-hydrogen) atoms. The van der Waals surface area contributed by atoms with E-state index in [1.165, 1.54) is 31.4 Å². The summed E-state index contributed by atoms with van der Waals surface area (Å²) in [6.07, 6.45) is 5.14. The molecule has 1 N–H and O–H groups in total. The van der Waals surface area contributed by atoms with Gasteiger partial charge in [0.25, 0.3) is 0 Å². The van der Waals surface area contributed by atoms with Crippen molar-refractivity contribution in [2.24, 2.45) is 5.41 Å². The van der Waals surface area contributed by atoms with E-state index in [-0.39, 0.29) is 0 Å². The van der Waals surface area contributed by atoms with Gasteiger partial charge in [-0.3, -0.25) is 0 Å². The van der Waals surface area contributed by atoms with Crippen molar-refractivity contribution in [3.8, 4) is 5.75 Å². The van der Waals surface area contributed by atoms with Crippen LogP contribution in [0.1, 0.15) is 39.5 Å². The van der Waals surface area contributed by atoms with Gasteiger partial charge in [0, 0.05) is 18.8 Å². The molecule has 1 aromatic carbocycles. The van der Waals surface area contributed by atoms with Gasteiger partial charge in [0.05, 0.1) is 6.61 Å². The Morgan fingerprint density at radius 2 is 1.75 bits per heavy atom. The van der Waals surface area contributed by atoms with E-state index >= 15 is 0 Å². The summed E-state index contributed by atoms with van der Waals surface area (Å²) in [6.45, 7) is 5.96. The van der Waals surface area contributed by atoms with E-state index in [1.807, 2.05) is 12.1 Å². The maximum Gasteiger partial charge on any atom is 0.119 e. The Labute approximate surface area is 122 Å². The van der Waals surface area contributed by atoms with Crippen molar-refractivity contribution in [1.29, 1.82) is 0 Å². The fraction of sp³-hybridized carbons (Fsp3) is 0.647. The van der Waals surface area contributed by atoms with Crippen LogP contribution in [0.5, 0.6) is 5.75 Å². The summed E-state index contributed by atoms with van der Waals surface area (Å²) in [5.41, 5.74) is 1.71. The van der Waals surface area contributed by atoms with E-state index in [0.717, 1.165) is 5.75 Å². The van der Waals surface area contributed by atoms with Gasteiger partial charge < -0.3 is 14.8 Å². The SMILES string of the molecule is COCCOc1ccc(NC2CCC(C)(C)CC2)cc1. The highest BCUT2D eigenvalue weighted by Gasteiger charge is 2.26. The first kappa shape index (κ1) is 15.2. The predicted octanol–water partition coefficient (Wildman–Crippen LogP) is 4.09. The third kappa shape index (κ3) is 4.71. The number of benzene rings is 1. The summed E-state index contributed by atoms with van der Waals surface area (Å²) < 4.78 is 10.5. The second-order valence-corrected chi connectivity index (χ2v) is 6.45. The van der Waals surface area contributed by atoms with Crippen LogP contribution in [0.3, 0.4) is 0 Å². The molecule has 0 heterocycles. The van der Waals surface area contributed by atoms with Crippen LogP contribution >= 0.6 is 0 Å². The van der Waals surface area contributed by atoms with Crippen LogP contribution in [0.2, 0.25) is 0 Å². The number of anilines is 1. The molecule has 0 radical (unpaired) electrons. The molecule has 0 amide bonds. The quantitative estimate of drug-likeness (QED) is 0.794. The van der Waals surface area contributed by atoms with E-state index in [4.69, 9.17) is 9.47 Å². The lowest BCUT2D eigenvalue weighted by molar-refractivity contribution is 0.146.